The normalized spacial score (nSPS) is 12.9. The Hall–Kier alpha value is -1.76. The first kappa shape index (κ1) is 10.7. The van der Waals surface area contributed by atoms with E-state index in [4.69, 9.17) is 10.3 Å². The fourth-order valence-corrected chi connectivity index (χ4v) is 1.34. The summed E-state index contributed by atoms with van der Waals surface area (Å²) >= 11 is 0. The van der Waals surface area contributed by atoms with Gasteiger partial charge in [0.1, 0.15) is 6.33 Å². The Bertz CT molecular complexity index is 421. The van der Waals surface area contributed by atoms with Crippen molar-refractivity contribution in [2.45, 2.75) is 32.2 Å². The van der Waals surface area contributed by atoms with Gasteiger partial charge in [0.2, 0.25) is 11.7 Å². The molecule has 2 rings (SSSR count). The molecule has 0 fully saturated rings. The van der Waals surface area contributed by atoms with E-state index in [0.717, 1.165) is 19.3 Å². The summed E-state index contributed by atoms with van der Waals surface area (Å²) in [5.74, 6) is 1.56. The number of hydrogen-bond acceptors (Lipinski definition) is 6. The van der Waals surface area contributed by atoms with Gasteiger partial charge in [-0.3, -0.25) is 5.10 Å². The molecule has 2 aromatic rings. The van der Waals surface area contributed by atoms with Gasteiger partial charge in [-0.2, -0.15) is 10.1 Å². The van der Waals surface area contributed by atoms with Gasteiger partial charge in [-0.25, -0.2) is 4.98 Å². The van der Waals surface area contributed by atoms with Crippen molar-refractivity contribution in [1.29, 1.82) is 0 Å². The number of aromatic nitrogens is 5. The molecule has 7 nitrogen and oxygen atoms in total. The van der Waals surface area contributed by atoms with Gasteiger partial charge in [-0.1, -0.05) is 5.16 Å². The molecule has 0 saturated heterocycles. The highest BCUT2D eigenvalue weighted by atomic mass is 16.5. The molecule has 2 aromatic heterocycles. The molecule has 0 bridgehead atoms. The van der Waals surface area contributed by atoms with E-state index < -0.39 is 0 Å². The summed E-state index contributed by atoms with van der Waals surface area (Å²) < 4.78 is 5.08. The second-order valence-corrected chi connectivity index (χ2v) is 3.72. The standard InChI is InChI=1S/C9H14N6O/c1-6(10)3-2-4-7-13-9(15-16-7)8-11-5-12-14-8/h5-6H,2-4,10H2,1H3,(H,11,12,14). The van der Waals surface area contributed by atoms with Gasteiger partial charge < -0.3 is 10.3 Å². The summed E-state index contributed by atoms with van der Waals surface area (Å²) in [5.41, 5.74) is 5.65. The van der Waals surface area contributed by atoms with Crippen molar-refractivity contribution in [3.8, 4) is 11.6 Å². The smallest absolute Gasteiger partial charge is 0.239 e. The van der Waals surface area contributed by atoms with Crippen molar-refractivity contribution < 1.29 is 4.52 Å². The first-order chi connectivity index (χ1) is 7.75. The van der Waals surface area contributed by atoms with Crippen molar-refractivity contribution in [1.82, 2.24) is 25.3 Å². The largest absolute Gasteiger partial charge is 0.339 e. The highest BCUT2D eigenvalue weighted by Crippen LogP contribution is 2.10. The predicted octanol–water partition coefficient (Wildman–Crippen LogP) is 0.525. The Labute approximate surface area is 92.5 Å². The van der Waals surface area contributed by atoms with Crippen molar-refractivity contribution in [2.24, 2.45) is 5.73 Å². The number of aryl methyl sites for hydroxylation is 1. The van der Waals surface area contributed by atoms with Crippen LogP contribution >= 0.6 is 0 Å². The summed E-state index contributed by atoms with van der Waals surface area (Å²) in [4.78, 5) is 8.13. The Kier molecular flexibility index (Phi) is 3.25. The van der Waals surface area contributed by atoms with Crippen LogP contribution in [0, 0.1) is 0 Å². The Morgan fingerprint density at radius 2 is 2.44 bits per heavy atom. The first-order valence-corrected chi connectivity index (χ1v) is 5.19. The average Bonchev–Trinajstić information content (AvgIpc) is 2.85. The van der Waals surface area contributed by atoms with E-state index in [2.05, 4.69) is 25.3 Å². The minimum absolute atomic E-state index is 0.205. The van der Waals surface area contributed by atoms with Gasteiger partial charge >= 0.3 is 0 Å². The second-order valence-electron chi connectivity index (χ2n) is 3.72. The maximum atomic E-state index is 5.65. The minimum atomic E-state index is 0.205. The molecule has 0 aromatic carbocycles. The minimum Gasteiger partial charge on any atom is -0.339 e. The summed E-state index contributed by atoms with van der Waals surface area (Å²) in [6, 6.07) is 0.205. The van der Waals surface area contributed by atoms with Gasteiger partial charge in [-0.15, -0.1) is 0 Å². The summed E-state index contributed by atoms with van der Waals surface area (Å²) in [7, 11) is 0. The molecule has 0 saturated carbocycles. The van der Waals surface area contributed by atoms with Crippen molar-refractivity contribution >= 4 is 0 Å². The zero-order valence-corrected chi connectivity index (χ0v) is 9.05. The van der Waals surface area contributed by atoms with Gasteiger partial charge in [0.25, 0.3) is 0 Å². The monoisotopic (exact) mass is 222 g/mol. The molecular formula is C9H14N6O. The number of aromatic amines is 1. The third-order valence-electron chi connectivity index (χ3n) is 2.15. The van der Waals surface area contributed by atoms with Crippen LogP contribution in [0.25, 0.3) is 11.6 Å². The third kappa shape index (κ3) is 2.63. The lowest BCUT2D eigenvalue weighted by Crippen LogP contribution is -2.14. The fraction of sp³-hybridized carbons (Fsp3) is 0.556. The van der Waals surface area contributed by atoms with Crippen LogP contribution in [0.5, 0.6) is 0 Å². The molecule has 2 heterocycles. The van der Waals surface area contributed by atoms with Crippen LogP contribution in [-0.2, 0) is 6.42 Å². The number of nitrogens with two attached hydrogens (primary N) is 1. The lowest BCUT2D eigenvalue weighted by Gasteiger charge is -2.00. The van der Waals surface area contributed by atoms with Crippen LogP contribution in [0.1, 0.15) is 25.7 Å². The Morgan fingerprint density at radius 1 is 1.56 bits per heavy atom. The topological polar surface area (TPSA) is 107 Å². The Balaban J connectivity index is 1.93. The molecule has 7 heteroatoms. The number of nitrogens with one attached hydrogen (secondary N) is 1. The summed E-state index contributed by atoms with van der Waals surface area (Å²) in [6.45, 7) is 1.98. The van der Waals surface area contributed by atoms with Crippen LogP contribution in [0.15, 0.2) is 10.9 Å². The Morgan fingerprint density at radius 3 is 3.12 bits per heavy atom. The third-order valence-corrected chi connectivity index (χ3v) is 2.15. The lowest BCUT2D eigenvalue weighted by molar-refractivity contribution is 0.373. The molecular weight excluding hydrogens is 208 g/mol. The fourth-order valence-electron chi connectivity index (χ4n) is 1.34. The van der Waals surface area contributed by atoms with Crippen LogP contribution in [0.3, 0.4) is 0 Å². The number of rotatable bonds is 5. The predicted molar refractivity (Wildman–Crippen MR) is 56.3 cm³/mol. The molecule has 0 radical (unpaired) electrons. The molecule has 1 unspecified atom stereocenters. The zero-order valence-electron chi connectivity index (χ0n) is 9.05. The van der Waals surface area contributed by atoms with E-state index in [9.17, 15) is 0 Å². The van der Waals surface area contributed by atoms with E-state index >= 15 is 0 Å². The van der Waals surface area contributed by atoms with Gasteiger partial charge in [0.05, 0.1) is 0 Å². The molecule has 0 spiro atoms. The van der Waals surface area contributed by atoms with E-state index in [-0.39, 0.29) is 6.04 Å². The highest BCUT2D eigenvalue weighted by Gasteiger charge is 2.10. The van der Waals surface area contributed by atoms with E-state index in [1.807, 2.05) is 6.92 Å². The van der Waals surface area contributed by atoms with Crippen molar-refractivity contribution in [3.63, 3.8) is 0 Å². The highest BCUT2D eigenvalue weighted by molar-refractivity contribution is 5.39. The SMILES string of the molecule is CC(N)CCCc1nc(-c2ncn[nH]2)no1. The maximum absolute atomic E-state index is 5.65. The molecule has 0 aliphatic rings. The first-order valence-electron chi connectivity index (χ1n) is 5.19. The molecule has 3 N–H and O–H groups in total. The van der Waals surface area contributed by atoms with Gasteiger partial charge in [-0.05, 0) is 19.8 Å². The molecule has 0 aliphatic heterocycles. The van der Waals surface area contributed by atoms with E-state index in [0.29, 0.717) is 17.5 Å². The average molecular weight is 222 g/mol. The number of hydrogen-bond donors (Lipinski definition) is 2. The van der Waals surface area contributed by atoms with E-state index in [1.54, 1.807) is 0 Å². The molecule has 86 valence electrons. The molecule has 1 atom stereocenters. The van der Waals surface area contributed by atoms with Crippen molar-refractivity contribution in [3.05, 3.63) is 12.2 Å². The summed E-state index contributed by atoms with van der Waals surface area (Å²) in [6.07, 6.45) is 4.03. The van der Waals surface area contributed by atoms with Crippen LogP contribution in [0.4, 0.5) is 0 Å². The van der Waals surface area contributed by atoms with Gasteiger partial charge in [0, 0.05) is 12.5 Å². The van der Waals surface area contributed by atoms with Crippen LogP contribution in [-0.4, -0.2) is 31.4 Å². The molecule has 0 amide bonds. The molecule has 16 heavy (non-hydrogen) atoms. The summed E-state index contributed by atoms with van der Waals surface area (Å²) in [5, 5.41) is 10.2. The van der Waals surface area contributed by atoms with Crippen LogP contribution in [0.2, 0.25) is 0 Å². The molecule has 0 aliphatic carbocycles. The van der Waals surface area contributed by atoms with Gasteiger partial charge in [0.15, 0.2) is 5.82 Å². The maximum Gasteiger partial charge on any atom is 0.239 e. The van der Waals surface area contributed by atoms with E-state index in [1.165, 1.54) is 6.33 Å². The quantitative estimate of drug-likeness (QED) is 0.764. The lowest BCUT2D eigenvalue weighted by atomic mass is 10.1. The number of H-pyrrole nitrogens is 1. The van der Waals surface area contributed by atoms with Crippen molar-refractivity contribution in [2.75, 3.05) is 0 Å². The second kappa shape index (κ2) is 4.84. The van der Waals surface area contributed by atoms with Crippen LogP contribution < -0.4 is 5.73 Å². The zero-order chi connectivity index (χ0) is 11.4. The number of nitrogens with zero attached hydrogens (tertiary/aromatic N) is 4.